The van der Waals surface area contributed by atoms with Crippen LogP contribution in [-0.4, -0.2) is 19.3 Å². The van der Waals surface area contributed by atoms with E-state index in [2.05, 4.69) is 26.1 Å². The van der Waals surface area contributed by atoms with Gasteiger partial charge in [0, 0.05) is 0 Å². The van der Waals surface area contributed by atoms with E-state index in [1.807, 2.05) is 7.05 Å². The molecule has 3 nitrogen and oxygen atoms in total. The van der Waals surface area contributed by atoms with Gasteiger partial charge in [-0.15, -0.1) is 0 Å². The highest BCUT2D eigenvalue weighted by molar-refractivity contribution is 4.82. The summed E-state index contributed by atoms with van der Waals surface area (Å²) in [4.78, 5) is 0. The highest BCUT2D eigenvalue weighted by Crippen LogP contribution is 2.21. The third-order valence-corrected chi connectivity index (χ3v) is 2.91. The number of hydrogen-bond acceptors (Lipinski definition) is 3. The van der Waals surface area contributed by atoms with E-state index in [4.69, 9.17) is 11.5 Å². The molecule has 0 aromatic rings. The Morgan fingerprint density at radius 2 is 1.85 bits per heavy atom. The van der Waals surface area contributed by atoms with E-state index in [0.717, 1.165) is 12.8 Å². The van der Waals surface area contributed by atoms with Crippen LogP contribution in [0.15, 0.2) is 0 Å². The summed E-state index contributed by atoms with van der Waals surface area (Å²) in [7, 11) is 1.91. The lowest BCUT2D eigenvalue weighted by Gasteiger charge is -2.32. The fourth-order valence-electron chi connectivity index (χ4n) is 1.40. The Balaban J connectivity index is 4.09. The molecule has 0 rings (SSSR count). The molecule has 0 bridgehead atoms. The van der Waals surface area contributed by atoms with Crippen molar-refractivity contribution >= 4 is 0 Å². The molecule has 5 N–H and O–H groups in total. The van der Waals surface area contributed by atoms with Gasteiger partial charge in [0.05, 0.1) is 5.66 Å². The van der Waals surface area contributed by atoms with E-state index >= 15 is 0 Å². The second-order valence-corrected chi connectivity index (χ2v) is 4.37. The van der Waals surface area contributed by atoms with Gasteiger partial charge in [0.25, 0.3) is 0 Å². The summed E-state index contributed by atoms with van der Waals surface area (Å²) in [5.41, 5.74) is 11.4. The Hall–Kier alpha value is -0.120. The average Bonchev–Trinajstić information content (AvgIpc) is 2.04. The topological polar surface area (TPSA) is 64.1 Å². The van der Waals surface area contributed by atoms with Gasteiger partial charge in [0.2, 0.25) is 0 Å². The molecule has 0 saturated carbocycles. The maximum atomic E-state index is 6.16. The van der Waals surface area contributed by atoms with Crippen molar-refractivity contribution in [2.45, 2.75) is 39.3 Å². The van der Waals surface area contributed by atoms with Crippen molar-refractivity contribution in [3.63, 3.8) is 0 Å². The zero-order valence-corrected chi connectivity index (χ0v) is 9.43. The van der Waals surface area contributed by atoms with Crippen LogP contribution in [0.25, 0.3) is 0 Å². The molecule has 0 heterocycles. The molecule has 0 fully saturated rings. The lowest BCUT2D eigenvalue weighted by Crippen LogP contribution is -2.54. The van der Waals surface area contributed by atoms with Crippen LogP contribution < -0.4 is 16.8 Å². The van der Waals surface area contributed by atoms with Crippen molar-refractivity contribution in [2.75, 3.05) is 13.6 Å². The van der Waals surface area contributed by atoms with Crippen LogP contribution in [0.5, 0.6) is 0 Å². The van der Waals surface area contributed by atoms with Crippen molar-refractivity contribution < 1.29 is 0 Å². The SMILES string of the molecule is CN[C@@](N)(CCN)C[C@@H](C)C(C)C. The predicted octanol–water partition coefficient (Wildman–Crippen LogP) is 0.892. The first-order valence-electron chi connectivity index (χ1n) is 5.13. The Bertz CT molecular complexity index is 136. The zero-order chi connectivity index (χ0) is 10.5. The molecule has 0 saturated heterocycles. The minimum Gasteiger partial charge on any atom is -0.330 e. The molecule has 0 aliphatic rings. The van der Waals surface area contributed by atoms with Crippen LogP contribution in [0.3, 0.4) is 0 Å². The maximum Gasteiger partial charge on any atom is 0.0674 e. The van der Waals surface area contributed by atoms with Gasteiger partial charge in [-0.25, -0.2) is 0 Å². The summed E-state index contributed by atoms with van der Waals surface area (Å²) in [5, 5.41) is 3.16. The normalized spacial score (nSPS) is 18.7. The van der Waals surface area contributed by atoms with E-state index in [-0.39, 0.29) is 5.66 Å². The van der Waals surface area contributed by atoms with Crippen LogP contribution in [0.1, 0.15) is 33.6 Å². The fourth-order valence-corrected chi connectivity index (χ4v) is 1.40. The standard InChI is InChI=1S/C10H25N3/c1-8(2)9(3)7-10(12,13-4)5-6-11/h8-9,13H,5-7,11-12H2,1-4H3/t9-,10+/m1/s1. The summed E-state index contributed by atoms with van der Waals surface area (Å²) in [6.07, 6.45) is 1.82. The van der Waals surface area contributed by atoms with Crippen molar-refractivity contribution in [3.05, 3.63) is 0 Å². The fraction of sp³-hybridized carbons (Fsp3) is 1.00. The summed E-state index contributed by atoms with van der Waals surface area (Å²) >= 11 is 0. The quantitative estimate of drug-likeness (QED) is 0.541. The van der Waals surface area contributed by atoms with Crippen molar-refractivity contribution in [2.24, 2.45) is 23.3 Å². The third kappa shape index (κ3) is 4.60. The second-order valence-electron chi connectivity index (χ2n) is 4.37. The predicted molar refractivity (Wildman–Crippen MR) is 58.3 cm³/mol. The molecule has 0 aliphatic heterocycles. The average molecular weight is 187 g/mol. The summed E-state index contributed by atoms with van der Waals surface area (Å²) in [6, 6.07) is 0. The Morgan fingerprint density at radius 1 is 1.31 bits per heavy atom. The van der Waals surface area contributed by atoms with Crippen LogP contribution in [0, 0.1) is 11.8 Å². The molecule has 80 valence electrons. The van der Waals surface area contributed by atoms with Crippen LogP contribution in [-0.2, 0) is 0 Å². The molecule has 2 atom stereocenters. The van der Waals surface area contributed by atoms with Gasteiger partial charge >= 0.3 is 0 Å². The van der Waals surface area contributed by atoms with Crippen molar-refractivity contribution in [3.8, 4) is 0 Å². The first kappa shape index (κ1) is 12.9. The maximum absolute atomic E-state index is 6.16. The highest BCUT2D eigenvalue weighted by Gasteiger charge is 2.25. The van der Waals surface area contributed by atoms with E-state index in [1.54, 1.807) is 0 Å². The molecule has 3 heteroatoms. The van der Waals surface area contributed by atoms with Gasteiger partial charge in [-0.3, -0.25) is 0 Å². The van der Waals surface area contributed by atoms with E-state index in [9.17, 15) is 0 Å². The van der Waals surface area contributed by atoms with Gasteiger partial charge in [-0.2, -0.15) is 0 Å². The van der Waals surface area contributed by atoms with Crippen LogP contribution >= 0.6 is 0 Å². The van der Waals surface area contributed by atoms with Gasteiger partial charge in [0.1, 0.15) is 0 Å². The Morgan fingerprint density at radius 3 is 2.15 bits per heavy atom. The molecule has 0 aliphatic carbocycles. The largest absolute Gasteiger partial charge is 0.330 e. The molecule has 0 spiro atoms. The number of hydrogen-bond donors (Lipinski definition) is 3. The van der Waals surface area contributed by atoms with Gasteiger partial charge in [-0.1, -0.05) is 20.8 Å². The van der Waals surface area contributed by atoms with E-state index in [1.165, 1.54) is 0 Å². The third-order valence-electron chi connectivity index (χ3n) is 2.91. The number of nitrogens with one attached hydrogen (secondary N) is 1. The second kappa shape index (κ2) is 5.58. The van der Waals surface area contributed by atoms with E-state index in [0.29, 0.717) is 18.4 Å². The van der Waals surface area contributed by atoms with Crippen molar-refractivity contribution in [1.29, 1.82) is 0 Å². The minimum absolute atomic E-state index is 0.279. The van der Waals surface area contributed by atoms with Crippen LogP contribution in [0.4, 0.5) is 0 Å². The lowest BCUT2D eigenvalue weighted by molar-refractivity contribution is 0.236. The monoisotopic (exact) mass is 187 g/mol. The first-order valence-corrected chi connectivity index (χ1v) is 5.13. The molecule has 0 radical (unpaired) electrons. The number of nitrogens with two attached hydrogens (primary N) is 2. The molecular formula is C10H25N3. The Kier molecular flexibility index (Phi) is 5.53. The molecule has 0 aromatic carbocycles. The minimum atomic E-state index is -0.279. The van der Waals surface area contributed by atoms with E-state index < -0.39 is 0 Å². The van der Waals surface area contributed by atoms with Crippen LogP contribution in [0.2, 0.25) is 0 Å². The smallest absolute Gasteiger partial charge is 0.0674 e. The summed E-state index contributed by atoms with van der Waals surface area (Å²) in [6.45, 7) is 7.33. The number of rotatable bonds is 6. The molecule has 0 amide bonds. The molecular weight excluding hydrogens is 162 g/mol. The van der Waals surface area contributed by atoms with Gasteiger partial charge < -0.3 is 16.8 Å². The Labute approximate surface area is 82.3 Å². The first-order chi connectivity index (χ1) is 5.95. The van der Waals surface area contributed by atoms with Crippen molar-refractivity contribution in [1.82, 2.24) is 5.32 Å². The zero-order valence-electron chi connectivity index (χ0n) is 9.43. The summed E-state index contributed by atoms with van der Waals surface area (Å²) in [5.74, 6) is 1.30. The lowest BCUT2D eigenvalue weighted by atomic mass is 9.87. The molecule has 0 aromatic heterocycles. The highest BCUT2D eigenvalue weighted by atomic mass is 15.1. The van der Waals surface area contributed by atoms with Gasteiger partial charge in [-0.05, 0) is 38.3 Å². The van der Waals surface area contributed by atoms with Gasteiger partial charge in [0.15, 0.2) is 0 Å². The molecule has 13 heavy (non-hydrogen) atoms. The molecule has 0 unspecified atom stereocenters. The summed E-state index contributed by atoms with van der Waals surface area (Å²) < 4.78 is 0.